The van der Waals surface area contributed by atoms with Crippen LogP contribution in [0.5, 0.6) is 5.75 Å². The summed E-state index contributed by atoms with van der Waals surface area (Å²) in [5.74, 6) is 0.835. The number of carbonyl (C=O) groups excluding carboxylic acids is 1. The molecular weight excluding hydrogens is 492 g/mol. The molecule has 2 N–H and O–H groups in total. The van der Waals surface area contributed by atoms with Crippen molar-refractivity contribution in [2.45, 2.75) is 38.3 Å². The Morgan fingerprint density at radius 3 is 2.87 bits per heavy atom. The first-order chi connectivity index (χ1) is 19.0. The molecule has 0 bridgehead atoms. The number of allylic oxidation sites excluding steroid dienone is 2. The minimum atomic E-state index is -0.236. The number of nitrogens with one attached hydrogen (secondary N) is 2. The smallest absolute Gasteiger partial charge is 0.248 e. The lowest BCUT2D eigenvalue weighted by Crippen LogP contribution is -2.31. The van der Waals surface area contributed by atoms with E-state index in [1.165, 1.54) is 11.8 Å². The van der Waals surface area contributed by atoms with Gasteiger partial charge in [-0.3, -0.25) is 9.48 Å². The third kappa shape index (κ3) is 5.80. The minimum absolute atomic E-state index is 0.236. The Bertz CT molecular complexity index is 1380. The number of aromatic nitrogens is 4. The van der Waals surface area contributed by atoms with E-state index < -0.39 is 0 Å². The van der Waals surface area contributed by atoms with Crippen molar-refractivity contribution in [1.82, 2.24) is 24.6 Å². The van der Waals surface area contributed by atoms with Crippen LogP contribution in [-0.2, 0) is 17.8 Å². The molecule has 39 heavy (non-hydrogen) atoms. The lowest BCUT2D eigenvalue weighted by atomic mass is 10.0. The second-order valence-electron chi connectivity index (χ2n) is 10.1. The van der Waals surface area contributed by atoms with E-state index in [-0.39, 0.29) is 5.91 Å². The molecule has 0 aliphatic carbocycles. The van der Waals surface area contributed by atoms with Gasteiger partial charge in [0.15, 0.2) is 0 Å². The molecule has 2 aromatic heterocycles. The van der Waals surface area contributed by atoms with Crippen molar-refractivity contribution in [3.05, 3.63) is 61.1 Å². The molecule has 1 amide bonds. The van der Waals surface area contributed by atoms with Crippen LogP contribution in [0.4, 0.5) is 23.0 Å². The van der Waals surface area contributed by atoms with E-state index in [4.69, 9.17) is 9.72 Å². The van der Waals surface area contributed by atoms with Crippen LogP contribution in [0.1, 0.15) is 25.0 Å². The summed E-state index contributed by atoms with van der Waals surface area (Å²) in [6.45, 7) is 6.33. The first-order valence-corrected chi connectivity index (χ1v) is 13.4. The van der Waals surface area contributed by atoms with E-state index in [0.717, 1.165) is 62.3 Å². The van der Waals surface area contributed by atoms with Crippen molar-refractivity contribution in [2.75, 3.05) is 49.8 Å². The molecule has 0 radical (unpaired) electrons. The van der Waals surface area contributed by atoms with E-state index in [0.29, 0.717) is 29.1 Å². The molecule has 0 saturated carbocycles. The summed E-state index contributed by atoms with van der Waals surface area (Å²) in [5, 5.41) is 10.9. The molecule has 10 heteroatoms. The predicted molar refractivity (Wildman–Crippen MR) is 155 cm³/mol. The third-order valence-corrected chi connectivity index (χ3v) is 7.35. The number of ether oxygens (including phenoxy) is 1. The highest BCUT2D eigenvalue weighted by atomic mass is 16.5. The molecule has 1 aromatic carbocycles. The fourth-order valence-corrected chi connectivity index (χ4v) is 5.23. The van der Waals surface area contributed by atoms with Gasteiger partial charge in [0.25, 0.3) is 0 Å². The third-order valence-electron chi connectivity index (χ3n) is 7.35. The predicted octanol–water partition coefficient (Wildman–Crippen LogP) is 4.25. The summed E-state index contributed by atoms with van der Waals surface area (Å²) in [4.78, 5) is 26.4. The number of likely N-dealkylation sites (N-methyl/N-ethyl adjacent to an activating group) is 1. The number of hydrogen-bond donors (Lipinski definition) is 2. The van der Waals surface area contributed by atoms with Crippen LogP contribution in [0.3, 0.4) is 0 Å². The number of amides is 1. The second kappa shape index (κ2) is 11.7. The van der Waals surface area contributed by atoms with Crippen LogP contribution in [0.2, 0.25) is 0 Å². The summed E-state index contributed by atoms with van der Waals surface area (Å²) < 4.78 is 7.86. The highest BCUT2D eigenvalue weighted by molar-refractivity contribution is 6.02. The fourth-order valence-electron chi connectivity index (χ4n) is 5.23. The average Bonchev–Trinajstić information content (AvgIpc) is 3.60. The number of anilines is 4. The lowest BCUT2D eigenvalue weighted by molar-refractivity contribution is -0.111. The van der Waals surface area contributed by atoms with Crippen molar-refractivity contribution in [2.24, 2.45) is 0 Å². The van der Waals surface area contributed by atoms with Gasteiger partial charge >= 0.3 is 0 Å². The highest BCUT2D eigenvalue weighted by Gasteiger charge is 2.27. The monoisotopic (exact) mass is 528 g/mol. The van der Waals surface area contributed by atoms with Crippen LogP contribution in [0.15, 0.2) is 55.4 Å². The topological polar surface area (TPSA) is 100 Å². The molecule has 3 aromatic rings. The standard InChI is InChI=1S/C29H36N8O2/c1-5-6-10-28(38)32-23-16-24(27(39-4)17-26(23)36-15-12-20(19-36)35(2)3)34-29-30-13-11-22(33-29)21-18-31-37-14-8-7-9-25(21)37/h5-6,10-11,13,16-18,20H,1,7-9,12,14-15,19H2,2-4H3,(H,32,38)(H,30,33,34)/b10-6+/t20-/m1/s1. The second-order valence-corrected chi connectivity index (χ2v) is 10.1. The van der Waals surface area contributed by atoms with Crippen LogP contribution in [0.25, 0.3) is 11.3 Å². The van der Waals surface area contributed by atoms with E-state index >= 15 is 0 Å². The van der Waals surface area contributed by atoms with Crippen LogP contribution in [-0.4, -0.2) is 70.9 Å². The summed E-state index contributed by atoms with van der Waals surface area (Å²) >= 11 is 0. The largest absolute Gasteiger partial charge is 0.494 e. The van der Waals surface area contributed by atoms with Crippen LogP contribution < -0.4 is 20.3 Å². The molecule has 2 aliphatic heterocycles. The van der Waals surface area contributed by atoms with Crippen LogP contribution in [0, 0.1) is 0 Å². The zero-order chi connectivity index (χ0) is 27.4. The molecular formula is C29H36N8O2. The van der Waals surface area contributed by atoms with Gasteiger partial charge in [-0.1, -0.05) is 18.7 Å². The first kappa shape index (κ1) is 26.4. The van der Waals surface area contributed by atoms with E-state index in [1.54, 1.807) is 25.5 Å². The molecule has 204 valence electrons. The Morgan fingerprint density at radius 1 is 1.23 bits per heavy atom. The van der Waals surface area contributed by atoms with Crippen LogP contribution >= 0.6 is 0 Å². The number of fused-ring (bicyclic) bond motifs is 1. The Morgan fingerprint density at radius 2 is 2.10 bits per heavy atom. The maximum Gasteiger partial charge on any atom is 0.248 e. The lowest BCUT2D eigenvalue weighted by Gasteiger charge is -2.25. The summed E-state index contributed by atoms with van der Waals surface area (Å²) in [6.07, 6.45) is 12.6. The number of nitrogens with zero attached hydrogens (tertiary/aromatic N) is 6. The molecule has 0 spiro atoms. The molecule has 1 fully saturated rings. The van der Waals surface area contributed by atoms with Gasteiger partial charge in [-0.15, -0.1) is 0 Å². The quantitative estimate of drug-likeness (QED) is 0.314. The fraction of sp³-hybridized carbons (Fsp3) is 0.379. The summed E-state index contributed by atoms with van der Waals surface area (Å²) in [7, 11) is 5.83. The number of hydrogen-bond acceptors (Lipinski definition) is 8. The molecule has 5 rings (SSSR count). The van der Waals surface area contributed by atoms with Gasteiger partial charge in [-0.2, -0.15) is 5.10 Å². The van der Waals surface area contributed by atoms with Crippen molar-refractivity contribution >= 4 is 28.9 Å². The van der Waals surface area contributed by atoms with E-state index in [9.17, 15) is 4.79 Å². The Hall–Kier alpha value is -4.18. The van der Waals surface area contributed by atoms with Gasteiger partial charge in [0, 0.05) is 55.3 Å². The van der Waals surface area contributed by atoms with Gasteiger partial charge in [0.05, 0.1) is 36.1 Å². The minimum Gasteiger partial charge on any atom is -0.494 e. The van der Waals surface area contributed by atoms with Crippen molar-refractivity contribution < 1.29 is 9.53 Å². The Kier molecular flexibility index (Phi) is 7.92. The van der Waals surface area contributed by atoms with Gasteiger partial charge in [-0.25, -0.2) is 9.97 Å². The van der Waals surface area contributed by atoms with Gasteiger partial charge in [0.1, 0.15) is 5.75 Å². The van der Waals surface area contributed by atoms with Crippen molar-refractivity contribution in [3.63, 3.8) is 0 Å². The van der Waals surface area contributed by atoms with Gasteiger partial charge < -0.3 is 25.2 Å². The summed E-state index contributed by atoms with van der Waals surface area (Å²) in [5.41, 5.74) is 5.31. The number of aryl methyl sites for hydroxylation is 1. The van der Waals surface area contributed by atoms with Crippen molar-refractivity contribution in [1.29, 1.82) is 0 Å². The molecule has 4 heterocycles. The molecule has 2 aliphatic rings. The molecule has 10 nitrogen and oxygen atoms in total. The SMILES string of the molecule is C=C/C=C/C(=O)Nc1cc(Nc2nccc(-c3cnn4c3CCCC4)n2)c(OC)cc1N1CC[C@@H](N(C)C)C1. The Balaban J connectivity index is 1.47. The number of benzene rings is 1. The number of methoxy groups -OCH3 is 1. The molecule has 0 unspecified atom stereocenters. The molecule has 1 saturated heterocycles. The average molecular weight is 529 g/mol. The highest BCUT2D eigenvalue weighted by Crippen LogP contribution is 2.40. The van der Waals surface area contributed by atoms with Gasteiger partial charge in [0.2, 0.25) is 11.9 Å². The number of carbonyl (C=O) groups is 1. The van der Waals surface area contributed by atoms with E-state index in [2.05, 4.69) is 55.9 Å². The first-order valence-electron chi connectivity index (χ1n) is 13.4. The van der Waals surface area contributed by atoms with Crippen molar-refractivity contribution in [3.8, 4) is 17.0 Å². The van der Waals surface area contributed by atoms with Gasteiger partial charge in [-0.05, 0) is 51.9 Å². The summed E-state index contributed by atoms with van der Waals surface area (Å²) in [6, 6.07) is 6.19. The Labute approximate surface area is 229 Å². The number of rotatable bonds is 9. The normalized spacial score (nSPS) is 16.9. The zero-order valence-corrected chi connectivity index (χ0v) is 22.9. The van der Waals surface area contributed by atoms with E-state index in [1.807, 2.05) is 24.4 Å². The maximum absolute atomic E-state index is 12.7. The molecule has 1 atom stereocenters. The zero-order valence-electron chi connectivity index (χ0n) is 22.9. The maximum atomic E-state index is 12.7.